The molecule has 0 atom stereocenters. The second kappa shape index (κ2) is 12.1. The summed E-state index contributed by atoms with van der Waals surface area (Å²) in [5.41, 5.74) is 2.23. The topological polar surface area (TPSA) is 106 Å². The van der Waals surface area contributed by atoms with Gasteiger partial charge in [-0.3, -0.25) is 9.59 Å². The van der Waals surface area contributed by atoms with E-state index in [9.17, 15) is 9.59 Å². The molecule has 2 N–H and O–H groups in total. The minimum Gasteiger partial charge on any atom is -0.475 e. The van der Waals surface area contributed by atoms with Crippen LogP contribution in [0.2, 0.25) is 5.02 Å². The van der Waals surface area contributed by atoms with Gasteiger partial charge in [0.25, 0.3) is 5.56 Å². The van der Waals surface area contributed by atoms with E-state index in [2.05, 4.69) is 20.3 Å². The van der Waals surface area contributed by atoms with Crippen LogP contribution in [0.3, 0.4) is 0 Å². The van der Waals surface area contributed by atoms with E-state index in [4.69, 9.17) is 21.1 Å². The van der Waals surface area contributed by atoms with Crippen LogP contribution in [-0.2, 0) is 16.1 Å². The molecule has 2 aromatic heterocycles. The van der Waals surface area contributed by atoms with Crippen molar-refractivity contribution in [1.29, 1.82) is 0 Å². The van der Waals surface area contributed by atoms with Crippen LogP contribution in [0.25, 0.3) is 22.6 Å². The zero-order chi connectivity index (χ0) is 23.6. The highest BCUT2D eigenvalue weighted by atomic mass is 35.5. The Labute approximate surface area is 197 Å². The number of carbonyl (C=O) groups is 1. The lowest BCUT2D eigenvalue weighted by Crippen LogP contribution is -2.22. The summed E-state index contributed by atoms with van der Waals surface area (Å²) in [4.78, 5) is 35.7. The maximum atomic E-state index is 12.4. The standard InChI is InChI=1S/C24H27ClN4O4/c1-3-5-21(30)26-14-16-6-8-19(25)18(12-16)24-28-20(13-22(31)29-24)17-7-9-23(27-15-17)33-11-10-32-4-2/h6-9,12-13,15H,3-5,10-11,14H2,1-2H3,(H,26,30)(H,28,29,31). The van der Waals surface area contributed by atoms with Crippen molar-refractivity contribution < 1.29 is 14.3 Å². The largest absolute Gasteiger partial charge is 0.475 e. The van der Waals surface area contributed by atoms with Gasteiger partial charge in [0.05, 0.1) is 17.3 Å². The predicted octanol–water partition coefficient (Wildman–Crippen LogP) is 3.98. The van der Waals surface area contributed by atoms with Gasteiger partial charge in [-0.2, -0.15) is 0 Å². The molecule has 0 unspecified atom stereocenters. The van der Waals surface area contributed by atoms with Gasteiger partial charge >= 0.3 is 0 Å². The van der Waals surface area contributed by atoms with Crippen molar-refractivity contribution in [1.82, 2.24) is 20.3 Å². The molecule has 9 heteroatoms. The second-order valence-electron chi connectivity index (χ2n) is 7.25. The number of pyridine rings is 1. The fourth-order valence-electron chi connectivity index (χ4n) is 3.08. The van der Waals surface area contributed by atoms with Crippen molar-refractivity contribution in [3.8, 4) is 28.5 Å². The van der Waals surface area contributed by atoms with E-state index in [0.29, 0.717) is 66.3 Å². The average Bonchev–Trinajstić information content (AvgIpc) is 2.81. The summed E-state index contributed by atoms with van der Waals surface area (Å²) < 4.78 is 10.8. The van der Waals surface area contributed by atoms with E-state index in [1.54, 1.807) is 24.4 Å². The van der Waals surface area contributed by atoms with Gasteiger partial charge in [0.1, 0.15) is 12.4 Å². The fraction of sp³-hybridized carbons (Fsp3) is 0.333. The molecule has 0 aliphatic rings. The lowest BCUT2D eigenvalue weighted by Gasteiger charge is -2.10. The Morgan fingerprint density at radius 2 is 2.00 bits per heavy atom. The number of nitrogens with one attached hydrogen (secondary N) is 2. The zero-order valence-corrected chi connectivity index (χ0v) is 19.4. The number of halogens is 1. The third kappa shape index (κ3) is 7.13. The van der Waals surface area contributed by atoms with Crippen LogP contribution < -0.4 is 15.6 Å². The molecule has 0 radical (unpaired) electrons. The molecule has 33 heavy (non-hydrogen) atoms. The van der Waals surface area contributed by atoms with Crippen LogP contribution in [0, 0.1) is 0 Å². The number of benzene rings is 1. The number of hydrogen-bond acceptors (Lipinski definition) is 6. The Kier molecular flexibility index (Phi) is 8.97. The molecule has 0 spiro atoms. The maximum Gasteiger partial charge on any atom is 0.251 e. The molecule has 0 saturated heterocycles. The second-order valence-corrected chi connectivity index (χ2v) is 7.66. The van der Waals surface area contributed by atoms with Crippen molar-refractivity contribution in [2.24, 2.45) is 0 Å². The number of hydrogen-bond donors (Lipinski definition) is 2. The summed E-state index contributed by atoms with van der Waals surface area (Å²) in [7, 11) is 0. The van der Waals surface area contributed by atoms with Crippen molar-refractivity contribution in [2.45, 2.75) is 33.2 Å². The predicted molar refractivity (Wildman–Crippen MR) is 127 cm³/mol. The molecule has 174 valence electrons. The number of aromatic nitrogens is 3. The van der Waals surface area contributed by atoms with Gasteiger partial charge in [0.15, 0.2) is 0 Å². The van der Waals surface area contributed by atoms with Crippen molar-refractivity contribution in [3.05, 3.63) is 63.5 Å². The Hall–Kier alpha value is -3.23. The first-order chi connectivity index (χ1) is 16.0. The zero-order valence-electron chi connectivity index (χ0n) is 18.7. The normalized spacial score (nSPS) is 10.8. The highest BCUT2D eigenvalue weighted by molar-refractivity contribution is 6.33. The van der Waals surface area contributed by atoms with Gasteiger partial charge in [-0.15, -0.1) is 0 Å². The first-order valence-electron chi connectivity index (χ1n) is 10.8. The van der Waals surface area contributed by atoms with E-state index >= 15 is 0 Å². The van der Waals surface area contributed by atoms with Gasteiger partial charge in [-0.25, -0.2) is 9.97 Å². The number of carbonyl (C=O) groups excluding carboxylic acids is 1. The highest BCUT2D eigenvalue weighted by Gasteiger charge is 2.12. The Morgan fingerprint density at radius 3 is 2.73 bits per heavy atom. The van der Waals surface area contributed by atoms with E-state index < -0.39 is 0 Å². The molecule has 3 aromatic rings. The highest BCUT2D eigenvalue weighted by Crippen LogP contribution is 2.27. The summed E-state index contributed by atoms with van der Waals surface area (Å²) in [6.45, 7) is 5.76. The van der Waals surface area contributed by atoms with Gasteiger partial charge < -0.3 is 19.8 Å². The average molecular weight is 471 g/mol. The molecule has 1 amide bonds. The number of aromatic amines is 1. The van der Waals surface area contributed by atoms with Crippen LogP contribution >= 0.6 is 11.6 Å². The maximum absolute atomic E-state index is 12.4. The number of H-pyrrole nitrogens is 1. The van der Waals surface area contributed by atoms with Crippen molar-refractivity contribution >= 4 is 17.5 Å². The van der Waals surface area contributed by atoms with E-state index in [1.165, 1.54) is 6.07 Å². The first kappa shape index (κ1) is 24.4. The van der Waals surface area contributed by atoms with Crippen molar-refractivity contribution in [3.63, 3.8) is 0 Å². The third-order valence-corrected chi connectivity index (χ3v) is 5.04. The molecular weight excluding hydrogens is 444 g/mol. The molecule has 0 aliphatic carbocycles. The minimum atomic E-state index is -0.315. The molecule has 2 heterocycles. The monoisotopic (exact) mass is 470 g/mol. The van der Waals surface area contributed by atoms with E-state index in [0.717, 1.165) is 12.0 Å². The molecule has 0 aliphatic heterocycles. The molecule has 8 nitrogen and oxygen atoms in total. The third-order valence-electron chi connectivity index (χ3n) is 4.71. The number of rotatable bonds is 11. The van der Waals surface area contributed by atoms with Gasteiger partial charge in [0.2, 0.25) is 11.8 Å². The van der Waals surface area contributed by atoms with Crippen LogP contribution in [0.15, 0.2) is 47.4 Å². The minimum absolute atomic E-state index is 0.0136. The molecule has 0 fully saturated rings. The van der Waals surface area contributed by atoms with E-state index in [1.807, 2.05) is 26.0 Å². The van der Waals surface area contributed by atoms with E-state index in [-0.39, 0.29) is 11.5 Å². The molecule has 0 saturated carbocycles. The SMILES string of the molecule is CCCC(=O)NCc1ccc(Cl)c(-c2nc(-c3ccc(OCCOCC)nc3)cc(=O)[nH]2)c1. The summed E-state index contributed by atoms with van der Waals surface area (Å²) in [5.74, 6) is 0.783. The number of amides is 1. The Balaban J connectivity index is 1.81. The van der Waals surface area contributed by atoms with Crippen LogP contribution in [0.4, 0.5) is 0 Å². The number of nitrogens with zero attached hydrogens (tertiary/aromatic N) is 2. The summed E-state index contributed by atoms with van der Waals surface area (Å²) in [6.07, 6.45) is 2.86. The van der Waals surface area contributed by atoms with Crippen molar-refractivity contribution in [2.75, 3.05) is 19.8 Å². The Morgan fingerprint density at radius 1 is 1.15 bits per heavy atom. The van der Waals surface area contributed by atoms with Gasteiger partial charge in [-0.1, -0.05) is 24.6 Å². The molecule has 0 bridgehead atoms. The lowest BCUT2D eigenvalue weighted by molar-refractivity contribution is -0.121. The lowest BCUT2D eigenvalue weighted by atomic mass is 10.1. The molecule has 3 rings (SSSR count). The Bertz CT molecular complexity index is 1130. The summed E-state index contributed by atoms with van der Waals surface area (Å²) in [6, 6.07) is 10.3. The van der Waals surface area contributed by atoms with Crippen LogP contribution in [-0.4, -0.2) is 40.7 Å². The summed E-state index contributed by atoms with van der Waals surface area (Å²) in [5, 5.41) is 3.31. The first-order valence-corrected chi connectivity index (χ1v) is 11.2. The molecule has 1 aromatic carbocycles. The quantitative estimate of drug-likeness (QED) is 0.410. The van der Waals surface area contributed by atoms with Gasteiger partial charge in [-0.05, 0) is 37.1 Å². The smallest absolute Gasteiger partial charge is 0.251 e. The summed E-state index contributed by atoms with van der Waals surface area (Å²) >= 11 is 6.40. The number of ether oxygens (including phenoxy) is 2. The van der Waals surface area contributed by atoms with Gasteiger partial charge in [0, 0.05) is 49.0 Å². The van der Waals surface area contributed by atoms with Crippen LogP contribution in [0.5, 0.6) is 5.88 Å². The molecular formula is C24H27ClN4O4. The van der Waals surface area contributed by atoms with Crippen LogP contribution in [0.1, 0.15) is 32.3 Å². The fourth-order valence-corrected chi connectivity index (χ4v) is 3.29.